The third-order valence-electron chi connectivity index (χ3n) is 1.66. The first-order chi connectivity index (χ1) is 8.04. The molecule has 1 aromatic heterocycles. The Morgan fingerprint density at radius 2 is 1.59 bits per heavy atom. The van der Waals surface area contributed by atoms with E-state index in [2.05, 4.69) is 15.0 Å². The number of aromatic nitrogens is 3. The number of ether oxygens (including phenoxy) is 1. The second-order valence-corrected chi connectivity index (χ2v) is 3.51. The van der Waals surface area contributed by atoms with Crippen molar-refractivity contribution in [3.05, 3.63) is 40.4 Å². The van der Waals surface area contributed by atoms with Gasteiger partial charge in [-0.15, -0.1) is 0 Å². The average Bonchev–Trinajstić information content (AvgIpc) is 2.22. The van der Waals surface area contributed by atoms with E-state index in [1.165, 1.54) is 6.07 Å². The van der Waals surface area contributed by atoms with Gasteiger partial charge in [0.25, 0.3) is 0 Å². The van der Waals surface area contributed by atoms with Crippen LogP contribution in [0.15, 0.2) is 18.2 Å². The maximum Gasteiger partial charge on any atom is 0.327 e. The van der Waals surface area contributed by atoms with Crippen LogP contribution in [0.2, 0.25) is 10.6 Å². The minimum Gasteiger partial charge on any atom is -0.424 e. The van der Waals surface area contributed by atoms with Crippen LogP contribution in [0.1, 0.15) is 0 Å². The highest BCUT2D eigenvalue weighted by atomic mass is 35.5. The highest BCUT2D eigenvalue weighted by molar-refractivity contribution is 6.31. The van der Waals surface area contributed by atoms with Crippen molar-refractivity contribution in [1.29, 1.82) is 0 Å². The van der Waals surface area contributed by atoms with E-state index in [1.54, 1.807) is 0 Å². The van der Waals surface area contributed by atoms with E-state index >= 15 is 0 Å². The van der Waals surface area contributed by atoms with Gasteiger partial charge in [0.2, 0.25) is 10.6 Å². The van der Waals surface area contributed by atoms with E-state index < -0.39 is 11.6 Å². The third kappa shape index (κ3) is 2.98. The molecular weight excluding hydrogens is 275 g/mol. The van der Waals surface area contributed by atoms with E-state index in [-0.39, 0.29) is 22.3 Å². The molecule has 0 fully saturated rings. The van der Waals surface area contributed by atoms with Crippen molar-refractivity contribution in [1.82, 2.24) is 15.0 Å². The monoisotopic (exact) mass is 277 g/mol. The zero-order chi connectivity index (χ0) is 12.4. The first-order valence-corrected chi connectivity index (χ1v) is 5.00. The molecule has 2 rings (SSSR count). The number of hydrogen-bond donors (Lipinski definition) is 0. The van der Waals surface area contributed by atoms with Gasteiger partial charge in [-0.2, -0.15) is 15.0 Å². The fourth-order valence-corrected chi connectivity index (χ4v) is 1.35. The van der Waals surface area contributed by atoms with Crippen molar-refractivity contribution in [3.63, 3.8) is 0 Å². The molecule has 0 aliphatic carbocycles. The molecule has 0 radical (unpaired) electrons. The molecule has 8 heteroatoms. The Hall–Kier alpha value is -1.53. The Balaban J connectivity index is 2.28. The van der Waals surface area contributed by atoms with Gasteiger partial charge in [-0.3, -0.25) is 0 Å². The standard InChI is InChI=1S/C9H3Cl2F2N3O/c10-7-14-8(11)16-9(15-7)17-4-1-2-5(12)6(13)3-4/h1-3H. The first-order valence-electron chi connectivity index (χ1n) is 4.24. The van der Waals surface area contributed by atoms with E-state index in [1.807, 2.05) is 0 Å². The van der Waals surface area contributed by atoms with Crippen LogP contribution in [0.3, 0.4) is 0 Å². The zero-order valence-corrected chi connectivity index (χ0v) is 9.51. The SMILES string of the molecule is Fc1ccc(Oc2nc(Cl)nc(Cl)n2)cc1F. The van der Waals surface area contributed by atoms with Crippen LogP contribution in [-0.2, 0) is 0 Å². The van der Waals surface area contributed by atoms with Crippen LogP contribution < -0.4 is 4.74 Å². The minimum absolute atomic E-state index is 0.0160. The lowest BCUT2D eigenvalue weighted by Gasteiger charge is -2.03. The van der Waals surface area contributed by atoms with Gasteiger partial charge in [-0.1, -0.05) is 0 Å². The van der Waals surface area contributed by atoms with Crippen LogP contribution in [0, 0.1) is 11.6 Å². The summed E-state index contributed by atoms with van der Waals surface area (Å²) in [7, 11) is 0. The highest BCUT2D eigenvalue weighted by Gasteiger charge is 2.08. The average molecular weight is 278 g/mol. The predicted molar refractivity (Wildman–Crippen MR) is 56.3 cm³/mol. The molecule has 17 heavy (non-hydrogen) atoms. The molecule has 0 atom stereocenters. The summed E-state index contributed by atoms with van der Waals surface area (Å²) >= 11 is 11.0. The first kappa shape index (κ1) is 11.9. The third-order valence-corrected chi connectivity index (χ3v) is 2.00. The molecule has 1 heterocycles. The van der Waals surface area contributed by atoms with E-state index in [4.69, 9.17) is 27.9 Å². The number of halogens is 4. The van der Waals surface area contributed by atoms with Crippen LogP contribution in [0.4, 0.5) is 8.78 Å². The largest absolute Gasteiger partial charge is 0.424 e. The highest BCUT2D eigenvalue weighted by Crippen LogP contribution is 2.21. The maximum atomic E-state index is 12.9. The van der Waals surface area contributed by atoms with Gasteiger partial charge in [0.05, 0.1) is 0 Å². The van der Waals surface area contributed by atoms with Gasteiger partial charge in [-0.05, 0) is 35.3 Å². The molecule has 88 valence electrons. The summed E-state index contributed by atoms with van der Waals surface area (Å²) in [4.78, 5) is 10.7. The van der Waals surface area contributed by atoms with Crippen molar-refractivity contribution in [2.24, 2.45) is 0 Å². The number of hydrogen-bond acceptors (Lipinski definition) is 4. The zero-order valence-electron chi connectivity index (χ0n) is 7.99. The van der Waals surface area contributed by atoms with Crippen molar-refractivity contribution in [2.75, 3.05) is 0 Å². The van der Waals surface area contributed by atoms with Crippen molar-refractivity contribution in [2.45, 2.75) is 0 Å². The molecule has 0 N–H and O–H groups in total. The fourth-order valence-electron chi connectivity index (χ4n) is 1.00. The number of rotatable bonds is 2. The Morgan fingerprint density at radius 3 is 2.18 bits per heavy atom. The summed E-state index contributed by atoms with van der Waals surface area (Å²) < 4.78 is 30.6. The second kappa shape index (κ2) is 4.77. The lowest BCUT2D eigenvalue weighted by atomic mass is 10.3. The van der Waals surface area contributed by atoms with E-state index in [0.29, 0.717) is 0 Å². The smallest absolute Gasteiger partial charge is 0.327 e. The topological polar surface area (TPSA) is 47.9 Å². The minimum atomic E-state index is -1.05. The molecule has 0 bridgehead atoms. The Kier molecular flexibility index (Phi) is 3.35. The van der Waals surface area contributed by atoms with Gasteiger partial charge in [0, 0.05) is 6.07 Å². The number of nitrogens with zero attached hydrogens (tertiary/aromatic N) is 3. The van der Waals surface area contributed by atoms with Crippen LogP contribution >= 0.6 is 23.2 Å². The van der Waals surface area contributed by atoms with Crippen LogP contribution in [0.5, 0.6) is 11.8 Å². The van der Waals surface area contributed by atoms with Gasteiger partial charge in [0.1, 0.15) is 5.75 Å². The molecule has 0 amide bonds. The molecule has 0 saturated carbocycles. The maximum absolute atomic E-state index is 12.9. The summed E-state index contributed by atoms with van der Waals surface area (Å²) in [5.74, 6) is -2.01. The summed E-state index contributed by atoms with van der Waals surface area (Å²) in [6.07, 6.45) is 0. The Labute approximate surface area is 104 Å². The molecule has 0 unspecified atom stereocenters. The fraction of sp³-hybridized carbons (Fsp3) is 0. The van der Waals surface area contributed by atoms with Gasteiger partial charge < -0.3 is 4.74 Å². The van der Waals surface area contributed by atoms with Crippen LogP contribution in [0.25, 0.3) is 0 Å². The molecule has 0 aliphatic rings. The molecule has 2 aromatic rings. The summed E-state index contributed by atoms with van der Waals surface area (Å²) in [6.45, 7) is 0. The molecule has 0 aliphatic heterocycles. The Morgan fingerprint density at radius 1 is 0.941 bits per heavy atom. The lowest BCUT2D eigenvalue weighted by molar-refractivity contribution is 0.429. The van der Waals surface area contributed by atoms with Crippen molar-refractivity contribution >= 4 is 23.2 Å². The second-order valence-electron chi connectivity index (χ2n) is 2.83. The molecule has 1 aromatic carbocycles. The van der Waals surface area contributed by atoms with E-state index in [9.17, 15) is 8.78 Å². The molecular formula is C9H3Cl2F2N3O. The summed E-state index contributed by atoms with van der Waals surface area (Å²) in [5, 5.41) is -0.329. The lowest BCUT2D eigenvalue weighted by Crippen LogP contribution is -1.96. The summed E-state index contributed by atoms with van der Waals surface area (Å²) in [6, 6.07) is 2.76. The molecule has 0 saturated heterocycles. The quantitative estimate of drug-likeness (QED) is 0.846. The van der Waals surface area contributed by atoms with Gasteiger partial charge >= 0.3 is 6.01 Å². The predicted octanol–water partition coefficient (Wildman–Crippen LogP) is 3.25. The van der Waals surface area contributed by atoms with Gasteiger partial charge in [0.15, 0.2) is 11.6 Å². The van der Waals surface area contributed by atoms with Crippen LogP contribution in [-0.4, -0.2) is 15.0 Å². The van der Waals surface area contributed by atoms with Gasteiger partial charge in [-0.25, -0.2) is 8.78 Å². The normalized spacial score (nSPS) is 10.4. The van der Waals surface area contributed by atoms with Crippen molar-refractivity contribution < 1.29 is 13.5 Å². The Bertz CT molecular complexity index is 548. The molecule has 4 nitrogen and oxygen atoms in total. The summed E-state index contributed by atoms with van der Waals surface area (Å²) in [5.41, 5.74) is 0. The van der Waals surface area contributed by atoms with E-state index in [0.717, 1.165) is 12.1 Å². The number of benzene rings is 1. The van der Waals surface area contributed by atoms with Crippen molar-refractivity contribution in [3.8, 4) is 11.8 Å². The molecule has 0 spiro atoms.